The molecule has 0 unspecified atom stereocenters. The fraction of sp³-hybridized carbons (Fsp3) is 0.533. The molecule has 18 heavy (non-hydrogen) atoms. The zero-order valence-electron chi connectivity index (χ0n) is 11.3. The number of hydrogen-bond acceptors (Lipinski definition) is 2. The fourth-order valence-electron chi connectivity index (χ4n) is 2.65. The predicted molar refractivity (Wildman–Crippen MR) is 75.5 cm³/mol. The van der Waals surface area contributed by atoms with E-state index >= 15 is 0 Å². The van der Waals surface area contributed by atoms with Crippen molar-refractivity contribution in [2.24, 2.45) is 5.92 Å². The van der Waals surface area contributed by atoms with Gasteiger partial charge >= 0.3 is 0 Å². The van der Waals surface area contributed by atoms with Gasteiger partial charge in [-0.05, 0) is 43.9 Å². The van der Waals surface area contributed by atoms with E-state index in [1.165, 1.54) is 19.3 Å². The third kappa shape index (κ3) is 2.66. The average molecular weight is 246 g/mol. The summed E-state index contributed by atoms with van der Waals surface area (Å²) in [7, 11) is 0. The van der Waals surface area contributed by atoms with E-state index in [9.17, 15) is 4.79 Å². The normalized spacial score (nSPS) is 16.6. The lowest BCUT2D eigenvalue weighted by atomic mass is 9.88. The number of carbonyl (C=O) groups excluding carboxylic acids is 1. The third-order valence-electron chi connectivity index (χ3n) is 3.94. The van der Waals surface area contributed by atoms with Gasteiger partial charge in [-0.15, -0.1) is 0 Å². The van der Waals surface area contributed by atoms with Gasteiger partial charge in [0.15, 0.2) is 0 Å². The molecule has 0 saturated heterocycles. The molecule has 1 aromatic rings. The van der Waals surface area contributed by atoms with Crippen molar-refractivity contribution in [2.45, 2.75) is 46.0 Å². The number of anilines is 2. The molecule has 0 aromatic heterocycles. The van der Waals surface area contributed by atoms with E-state index in [0.717, 1.165) is 35.3 Å². The fourth-order valence-corrected chi connectivity index (χ4v) is 2.65. The summed E-state index contributed by atoms with van der Waals surface area (Å²) in [6.07, 6.45) is 5.65. The zero-order valence-corrected chi connectivity index (χ0v) is 11.3. The minimum atomic E-state index is 0.159. The van der Waals surface area contributed by atoms with Crippen LogP contribution in [0.4, 0.5) is 11.4 Å². The number of hydrogen-bond donors (Lipinski definition) is 2. The molecule has 98 valence electrons. The van der Waals surface area contributed by atoms with Crippen LogP contribution in [0, 0.1) is 19.8 Å². The van der Waals surface area contributed by atoms with Crippen molar-refractivity contribution >= 4 is 17.3 Å². The third-order valence-corrected chi connectivity index (χ3v) is 3.94. The number of carbonyl (C=O) groups is 1. The first kappa shape index (κ1) is 12.9. The molecule has 2 rings (SSSR count). The van der Waals surface area contributed by atoms with Crippen LogP contribution in [-0.4, -0.2) is 5.91 Å². The standard InChI is InChI=1S/C15H22N2O/c1-10-8-9-13(16)11(2)14(10)17-15(18)12-6-4-3-5-7-12/h8-9,12H,3-7,16H2,1-2H3,(H,17,18). The van der Waals surface area contributed by atoms with Crippen LogP contribution in [0.25, 0.3) is 0 Å². The summed E-state index contributed by atoms with van der Waals surface area (Å²) in [6.45, 7) is 3.96. The molecule has 1 aliphatic carbocycles. The van der Waals surface area contributed by atoms with Crippen LogP contribution in [0.3, 0.4) is 0 Å². The maximum absolute atomic E-state index is 12.2. The second-order valence-electron chi connectivity index (χ2n) is 5.30. The average Bonchev–Trinajstić information content (AvgIpc) is 2.40. The molecular formula is C15H22N2O. The Bertz CT molecular complexity index is 448. The molecule has 1 amide bonds. The molecule has 3 N–H and O–H groups in total. The van der Waals surface area contributed by atoms with Crippen molar-refractivity contribution in [3.05, 3.63) is 23.3 Å². The second kappa shape index (κ2) is 5.42. The topological polar surface area (TPSA) is 55.1 Å². The van der Waals surface area contributed by atoms with E-state index in [1.54, 1.807) is 0 Å². The summed E-state index contributed by atoms with van der Waals surface area (Å²) in [5.41, 5.74) is 9.57. The summed E-state index contributed by atoms with van der Waals surface area (Å²) in [4.78, 5) is 12.2. The van der Waals surface area contributed by atoms with Crippen LogP contribution in [0.2, 0.25) is 0 Å². The summed E-state index contributed by atoms with van der Waals surface area (Å²) in [5.74, 6) is 0.338. The molecule has 1 aliphatic rings. The molecule has 1 aromatic carbocycles. The maximum Gasteiger partial charge on any atom is 0.227 e. The van der Waals surface area contributed by atoms with Crippen LogP contribution in [0.5, 0.6) is 0 Å². The molecule has 0 radical (unpaired) electrons. The largest absolute Gasteiger partial charge is 0.398 e. The van der Waals surface area contributed by atoms with Gasteiger partial charge in [-0.1, -0.05) is 25.3 Å². The lowest BCUT2D eigenvalue weighted by Gasteiger charge is -2.22. The van der Waals surface area contributed by atoms with E-state index in [0.29, 0.717) is 0 Å². The SMILES string of the molecule is Cc1ccc(N)c(C)c1NC(=O)C1CCCCC1. The molecule has 1 saturated carbocycles. The van der Waals surface area contributed by atoms with Gasteiger partial charge in [0.05, 0.1) is 0 Å². The highest BCUT2D eigenvalue weighted by Gasteiger charge is 2.22. The Morgan fingerprint density at radius 3 is 2.56 bits per heavy atom. The van der Waals surface area contributed by atoms with Gasteiger partial charge < -0.3 is 11.1 Å². The number of benzene rings is 1. The lowest BCUT2D eigenvalue weighted by Crippen LogP contribution is -2.25. The molecule has 0 aliphatic heterocycles. The quantitative estimate of drug-likeness (QED) is 0.786. The van der Waals surface area contributed by atoms with Crippen molar-refractivity contribution in [1.29, 1.82) is 0 Å². The molecule has 0 bridgehead atoms. The van der Waals surface area contributed by atoms with Crippen molar-refractivity contribution in [2.75, 3.05) is 11.1 Å². The highest BCUT2D eigenvalue weighted by atomic mass is 16.1. The highest BCUT2D eigenvalue weighted by molar-refractivity contribution is 5.94. The Hall–Kier alpha value is -1.51. The zero-order chi connectivity index (χ0) is 13.1. The van der Waals surface area contributed by atoms with E-state index in [2.05, 4.69) is 5.32 Å². The minimum absolute atomic E-state index is 0.159. The Balaban J connectivity index is 2.13. The van der Waals surface area contributed by atoms with Crippen molar-refractivity contribution in [1.82, 2.24) is 0 Å². The van der Waals surface area contributed by atoms with Crippen LogP contribution in [0.15, 0.2) is 12.1 Å². The van der Waals surface area contributed by atoms with Crippen LogP contribution in [-0.2, 0) is 4.79 Å². The molecule has 0 spiro atoms. The number of nitrogen functional groups attached to an aromatic ring is 1. The maximum atomic E-state index is 12.2. The Morgan fingerprint density at radius 1 is 1.22 bits per heavy atom. The van der Waals surface area contributed by atoms with Crippen LogP contribution < -0.4 is 11.1 Å². The first-order valence-corrected chi connectivity index (χ1v) is 6.76. The van der Waals surface area contributed by atoms with Crippen LogP contribution >= 0.6 is 0 Å². The van der Waals surface area contributed by atoms with Gasteiger partial charge in [0, 0.05) is 17.3 Å². The number of amides is 1. The van der Waals surface area contributed by atoms with E-state index < -0.39 is 0 Å². The van der Waals surface area contributed by atoms with Gasteiger partial charge in [0.25, 0.3) is 0 Å². The van der Waals surface area contributed by atoms with Crippen molar-refractivity contribution in [3.8, 4) is 0 Å². The van der Waals surface area contributed by atoms with Crippen molar-refractivity contribution < 1.29 is 4.79 Å². The smallest absolute Gasteiger partial charge is 0.227 e. The summed E-state index contributed by atoms with van der Waals surface area (Å²) in [5, 5.41) is 3.07. The molecule has 3 heteroatoms. The predicted octanol–water partition coefficient (Wildman–Crippen LogP) is 3.40. The minimum Gasteiger partial charge on any atom is -0.398 e. The second-order valence-corrected chi connectivity index (χ2v) is 5.30. The van der Waals surface area contributed by atoms with E-state index in [1.807, 2.05) is 26.0 Å². The number of nitrogens with two attached hydrogens (primary N) is 1. The summed E-state index contributed by atoms with van der Waals surface area (Å²) in [6, 6.07) is 3.85. The first-order valence-electron chi connectivity index (χ1n) is 6.76. The molecular weight excluding hydrogens is 224 g/mol. The van der Waals surface area contributed by atoms with Gasteiger partial charge in [-0.3, -0.25) is 4.79 Å². The van der Waals surface area contributed by atoms with Crippen LogP contribution in [0.1, 0.15) is 43.2 Å². The monoisotopic (exact) mass is 246 g/mol. The molecule has 3 nitrogen and oxygen atoms in total. The first-order chi connectivity index (χ1) is 8.59. The Kier molecular flexibility index (Phi) is 3.90. The summed E-state index contributed by atoms with van der Waals surface area (Å²) >= 11 is 0. The Morgan fingerprint density at radius 2 is 1.89 bits per heavy atom. The Labute approximate surface area is 109 Å². The molecule has 0 heterocycles. The molecule has 0 atom stereocenters. The lowest BCUT2D eigenvalue weighted by molar-refractivity contribution is -0.120. The van der Waals surface area contributed by atoms with Gasteiger partial charge in [0.1, 0.15) is 0 Å². The number of nitrogens with one attached hydrogen (secondary N) is 1. The van der Waals surface area contributed by atoms with Gasteiger partial charge in [0.2, 0.25) is 5.91 Å². The molecule has 1 fully saturated rings. The van der Waals surface area contributed by atoms with Crippen molar-refractivity contribution in [3.63, 3.8) is 0 Å². The number of rotatable bonds is 2. The summed E-state index contributed by atoms with van der Waals surface area (Å²) < 4.78 is 0. The van der Waals surface area contributed by atoms with E-state index in [4.69, 9.17) is 5.73 Å². The number of aryl methyl sites for hydroxylation is 1. The van der Waals surface area contributed by atoms with Gasteiger partial charge in [-0.25, -0.2) is 0 Å². The van der Waals surface area contributed by atoms with E-state index in [-0.39, 0.29) is 11.8 Å². The van der Waals surface area contributed by atoms with Gasteiger partial charge in [-0.2, -0.15) is 0 Å². The highest BCUT2D eigenvalue weighted by Crippen LogP contribution is 2.28.